The zero-order chi connectivity index (χ0) is 22.3. The molecule has 2 aliphatic heterocycles. The van der Waals surface area contributed by atoms with E-state index >= 15 is 0 Å². The van der Waals surface area contributed by atoms with Crippen LogP contribution in [0.1, 0.15) is 30.7 Å². The van der Waals surface area contributed by atoms with Crippen molar-refractivity contribution in [3.8, 4) is 0 Å². The maximum atomic E-state index is 6.37. The summed E-state index contributed by atoms with van der Waals surface area (Å²) in [4.78, 5) is 18.2. The van der Waals surface area contributed by atoms with Crippen molar-refractivity contribution in [2.45, 2.75) is 32.2 Å². The largest absolute Gasteiger partial charge is 0.370 e. The third kappa shape index (κ3) is 3.88. The first-order valence-electron chi connectivity index (χ1n) is 10.9. The van der Waals surface area contributed by atoms with Gasteiger partial charge in [-0.2, -0.15) is 12.6 Å². The molecule has 8 heteroatoms. The predicted octanol–water partition coefficient (Wildman–Crippen LogP) is 4.86. The molecular formula is C24H27ClN6S. The summed E-state index contributed by atoms with van der Waals surface area (Å²) in [5.41, 5.74) is 6.02. The highest BCUT2D eigenvalue weighted by Gasteiger charge is 2.34. The lowest BCUT2D eigenvalue weighted by molar-refractivity contribution is 0.555. The lowest BCUT2D eigenvalue weighted by atomic mass is 9.87. The second kappa shape index (κ2) is 8.45. The van der Waals surface area contributed by atoms with Gasteiger partial charge in [0.2, 0.25) is 0 Å². The molecule has 5 rings (SSSR count). The van der Waals surface area contributed by atoms with E-state index in [0.29, 0.717) is 11.6 Å². The van der Waals surface area contributed by atoms with Crippen molar-refractivity contribution in [1.29, 1.82) is 0 Å². The van der Waals surface area contributed by atoms with Crippen molar-refractivity contribution in [3.05, 3.63) is 64.7 Å². The Kier molecular flexibility index (Phi) is 5.63. The van der Waals surface area contributed by atoms with E-state index in [9.17, 15) is 0 Å². The molecule has 0 saturated heterocycles. The van der Waals surface area contributed by atoms with Gasteiger partial charge in [-0.3, -0.25) is 0 Å². The Labute approximate surface area is 199 Å². The van der Waals surface area contributed by atoms with Crippen molar-refractivity contribution in [3.63, 3.8) is 0 Å². The highest BCUT2D eigenvalue weighted by Crippen LogP contribution is 2.42. The van der Waals surface area contributed by atoms with Gasteiger partial charge in [-0.1, -0.05) is 31.5 Å². The van der Waals surface area contributed by atoms with Crippen molar-refractivity contribution >= 4 is 47.2 Å². The third-order valence-electron chi connectivity index (χ3n) is 6.33. The second-order valence-corrected chi connectivity index (χ2v) is 9.87. The average Bonchev–Trinajstić information content (AvgIpc) is 3.03. The van der Waals surface area contributed by atoms with E-state index in [1.54, 1.807) is 12.5 Å². The van der Waals surface area contributed by atoms with Gasteiger partial charge in [0.25, 0.3) is 0 Å². The number of rotatable bonds is 5. The fourth-order valence-corrected chi connectivity index (χ4v) is 5.28. The topological polar surface area (TPSA) is 57.2 Å². The lowest BCUT2D eigenvalue weighted by Gasteiger charge is -2.30. The third-order valence-corrected chi connectivity index (χ3v) is 6.83. The van der Waals surface area contributed by atoms with Crippen LogP contribution < -0.4 is 15.1 Å². The number of nitrogens with zero attached hydrogens (tertiary/aromatic N) is 5. The van der Waals surface area contributed by atoms with Crippen LogP contribution in [0, 0.1) is 0 Å². The maximum Gasteiger partial charge on any atom is 0.147 e. The van der Waals surface area contributed by atoms with Crippen LogP contribution in [0.3, 0.4) is 0 Å². The summed E-state index contributed by atoms with van der Waals surface area (Å²) in [6.45, 7) is 8.05. The molecule has 0 bridgehead atoms. The van der Waals surface area contributed by atoms with Crippen LogP contribution in [0.4, 0.5) is 23.0 Å². The Hall–Kier alpha value is -2.51. The Morgan fingerprint density at radius 2 is 2.06 bits per heavy atom. The lowest BCUT2D eigenvalue weighted by Crippen LogP contribution is -2.32. The molecule has 0 aliphatic carbocycles. The molecule has 32 heavy (non-hydrogen) atoms. The number of anilines is 4. The zero-order valence-corrected chi connectivity index (χ0v) is 20.0. The van der Waals surface area contributed by atoms with Gasteiger partial charge in [0.1, 0.15) is 18.0 Å². The summed E-state index contributed by atoms with van der Waals surface area (Å²) >= 11 is 10.8. The number of halogens is 1. The molecule has 1 N–H and O–H groups in total. The van der Waals surface area contributed by atoms with Gasteiger partial charge >= 0.3 is 0 Å². The van der Waals surface area contributed by atoms with E-state index in [1.807, 2.05) is 12.1 Å². The minimum atomic E-state index is 0.140. The molecule has 4 heterocycles. The molecule has 0 unspecified atom stereocenters. The van der Waals surface area contributed by atoms with Gasteiger partial charge in [-0.25, -0.2) is 15.0 Å². The van der Waals surface area contributed by atoms with Crippen LogP contribution in [-0.2, 0) is 18.4 Å². The number of aromatic nitrogens is 3. The molecule has 0 saturated carbocycles. The van der Waals surface area contributed by atoms with E-state index in [-0.39, 0.29) is 5.41 Å². The van der Waals surface area contributed by atoms with Gasteiger partial charge in [0.15, 0.2) is 0 Å². The molecular weight excluding hydrogens is 440 g/mol. The summed E-state index contributed by atoms with van der Waals surface area (Å²) in [6.07, 6.45) is 4.24. The highest BCUT2D eigenvalue weighted by atomic mass is 35.5. The van der Waals surface area contributed by atoms with E-state index in [0.717, 1.165) is 60.4 Å². The number of hydrogen-bond donors (Lipinski definition) is 2. The molecule has 0 radical (unpaired) electrons. The van der Waals surface area contributed by atoms with Crippen LogP contribution >= 0.6 is 24.2 Å². The van der Waals surface area contributed by atoms with E-state index < -0.39 is 0 Å². The minimum absolute atomic E-state index is 0.140. The molecule has 0 amide bonds. The zero-order valence-electron chi connectivity index (χ0n) is 18.3. The van der Waals surface area contributed by atoms with Gasteiger partial charge in [0.05, 0.1) is 17.3 Å². The SMILES string of the molecule is CC1(C)CN(CCS)c2cc(Nc3ncnc4c3CCN(c3ncccc3Cl)C4)ccc21. The average molecular weight is 467 g/mol. The van der Waals surface area contributed by atoms with Crippen LogP contribution in [0.25, 0.3) is 0 Å². The Balaban J connectivity index is 1.41. The molecule has 6 nitrogen and oxygen atoms in total. The number of benzene rings is 1. The molecule has 2 aliphatic rings. The van der Waals surface area contributed by atoms with Crippen LogP contribution in [-0.4, -0.2) is 40.3 Å². The second-order valence-electron chi connectivity index (χ2n) is 9.01. The maximum absolute atomic E-state index is 6.37. The van der Waals surface area contributed by atoms with Crippen LogP contribution in [0.15, 0.2) is 42.9 Å². The standard InChI is InChI=1S/C24H27ClN6S/c1-24(2)14-31(10-11-32)21-12-16(5-6-18(21)24)29-22-17-7-9-30(13-20(17)27-15-28-22)23-19(25)4-3-8-26-23/h3-6,8,12,15,32H,7,9-11,13-14H2,1-2H3,(H,27,28,29). The Morgan fingerprint density at radius 3 is 2.88 bits per heavy atom. The summed E-state index contributed by atoms with van der Waals surface area (Å²) in [6, 6.07) is 10.4. The summed E-state index contributed by atoms with van der Waals surface area (Å²) in [5.74, 6) is 2.52. The number of thiol groups is 1. The fourth-order valence-electron chi connectivity index (χ4n) is 4.80. The van der Waals surface area contributed by atoms with Gasteiger partial charge in [-0.15, -0.1) is 0 Å². The van der Waals surface area contributed by atoms with E-state index in [1.165, 1.54) is 11.3 Å². The number of hydrogen-bond acceptors (Lipinski definition) is 7. The van der Waals surface area contributed by atoms with Gasteiger partial charge < -0.3 is 15.1 Å². The van der Waals surface area contributed by atoms with Crippen molar-refractivity contribution < 1.29 is 0 Å². The van der Waals surface area contributed by atoms with Gasteiger partial charge in [-0.05, 0) is 36.2 Å². The number of nitrogens with one attached hydrogen (secondary N) is 1. The number of fused-ring (bicyclic) bond motifs is 2. The first-order chi connectivity index (χ1) is 15.5. The summed E-state index contributed by atoms with van der Waals surface area (Å²) < 4.78 is 0. The van der Waals surface area contributed by atoms with Crippen molar-refractivity contribution in [2.24, 2.45) is 0 Å². The van der Waals surface area contributed by atoms with E-state index in [4.69, 9.17) is 11.6 Å². The molecule has 2 aromatic heterocycles. The molecule has 166 valence electrons. The minimum Gasteiger partial charge on any atom is -0.370 e. The molecule has 3 aromatic rings. The Morgan fingerprint density at radius 1 is 1.19 bits per heavy atom. The smallest absolute Gasteiger partial charge is 0.147 e. The fraction of sp³-hybridized carbons (Fsp3) is 0.375. The highest BCUT2D eigenvalue weighted by molar-refractivity contribution is 7.80. The predicted molar refractivity (Wildman–Crippen MR) is 135 cm³/mol. The van der Waals surface area contributed by atoms with Crippen LogP contribution in [0.5, 0.6) is 0 Å². The summed E-state index contributed by atoms with van der Waals surface area (Å²) in [7, 11) is 0. The van der Waals surface area contributed by atoms with Gasteiger partial charge in [0, 0.05) is 53.9 Å². The molecule has 0 spiro atoms. The summed E-state index contributed by atoms with van der Waals surface area (Å²) in [5, 5.41) is 4.22. The van der Waals surface area contributed by atoms with E-state index in [2.05, 4.69) is 74.7 Å². The monoisotopic (exact) mass is 466 g/mol. The number of pyridine rings is 1. The van der Waals surface area contributed by atoms with Crippen LogP contribution in [0.2, 0.25) is 5.02 Å². The first kappa shape index (κ1) is 21.3. The Bertz CT molecular complexity index is 1150. The van der Waals surface area contributed by atoms with Crippen molar-refractivity contribution in [2.75, 3.05) is 40.5 Å². The quantitative estimate of drug-likeness (QED) is 0.524. The normalized spacial score (nSPS) is 16.6. The molecule has 1 aromatic carbocycles. The molecule has 0 atom stereocenters. The molecule has 0 fully saturated rings. The van der Waals surface area contributed by atoms with Crippen molar-refractivity contribution in [1.82, 2.24) is 15.0 Å². The first-order valence-corrected chi connectivity index (χ1v) is 11.9.